The molecule has 1 aliphatic heterocycles. The third-order valence-electron chi connectivity index (χ3n) is 3.32. The fourth-order valence-electron chi connectivity index (χ4n) is 2.25. The Morgan fingerprint density at radius 1 is 1.47 bits per heavy atom. The van der Waals surface area contributed by atoms with Gasteiger partial charge in [-0.15, -0.1) is 0 Å². The Kier molecular flexibility index (Phi) is 4.44. The Balaban J connectivity index is 2.09. The van der Waals surface area contributed by atoms with Crippen LogP contribution in [0.4, 0.5) is 8.78 Å². The van der Waals surface area contributed by atoms with Crippen LogP contribution in [-0.2, 0) is 11.2 Å². The van der Waals surface area contributed by atoms with E-state index in [0.717, 1.165) is 6.07 Å². The first-order valence-electron chi connectivity index (χ1n) is 6.26. The average molecular weight is 269 g/mol. The number of amides is 1. The fraction of sp³-hybridized carbons (Fsp3) is 0.462. The summed E-state index contributed by atoms with van der Waals surface area (Å²) in [6, 6.07) is 3.78. The topological polar surface area (TPSA) is 58.4 Å². The summed E-state index contributed by atoms with van der Waals surface area (Å²) in [4.78, 5) is 13.8. The van der Waals surface area contributed by atoms with Gasteiger partial charge in [0.2, 0.25) is 5.91 Å². The number of carbonyl (C=O) groups is 1. The van der Waals surface area contributed by atoms with Gasteiger partial charge >= 0.3 is 0 Å². The van der Waals surface area contributed by atoms with Crippen molar-refractivity contribution in [3.05, 3.63) is 35.4 Å². The molecule has 1 amide bonds. The zero-order valence-corrected chi connectivity index (χ0v) is 10.5. The minimum atomic E-state index is -0.949. The van der Waals surface area contributed by atoms with Crippen LogP contribution in [0.15, 0.2) is 18.2 Å². The lowest BCUT2D eigenvalue weighted by atomic mass is 10.1. The van der Waals surface area contributed by atoms with E-state index in [4.69, 9.17) is 5.73 Å². The highest BCUT2D eigenvalue weighted by Gasteiger charge is 2.26. The first-order chi connectivity index (χ1) is 9.13. The largest absolute Gasteiger partial charge is 0.336 e. The first-order valence-corrected chi connectivity index (χ1v) is 6.26. The zero-order chi connectivity index (χ0) is 13.8. The van der Waals surface area contributed by atoms with Gasteiger partial charge < -0.3 is 16.0 Å². The number of rotatable bonds is 3. The Bertz CT molecular complexity index is 467. The maximum Gasteiger partial charge on any atom is 0.227 e. The van der Waals surface area contributed by atoms with Gasteiger partial charge in [0.25, 0.3) is 0 Å². The van der Waals surface area contributed by atoms with E-state index < -0.39 is 11.6 Å². The highest BCUT2D eigenvalue weighted by atomic mass is 19.2. The third kappa shape index (κ3) is 3.08. The van der Waals surface area contributed by atoms with Gasteiger partial charge in [0.05, 0.1) is 12.5 Å². The van der Waals surface area contributed by atoms with Crippen molar-refractivity contribution in [3.63, 3.8) is 0 Å². The lowest BCUT2D eigenvalue weighted by molar-refractivity contribution is -0.133. The van der Waals surface area contributed by atoms with Crippen molar-refractivity contribution in [2.75, 3.05) is 26.2 Å². The quantitative estimate of drug-likeness (QED) is 0.828. The lowest BCUT2D eigenvalue weighted by Gasteiger charge is -2.35. The van der Waals surface area contributed by atoms with Crippen molar-refractivity contribution < 1.29 is 13.6 Å². The normalized spacial score (nSPS) is 19.5. The molecule has 1 aromatic carbocycles. The Labute approximate surface area is 110 Å². The highest BCUT2D eigenvalue weighted by molar-refractivity contribution is 5.79. The minimum Gasteiger partial charge on any atom is -0.336 e. The monoisotopic (exact) mass is 269 g/mol. The number of nitrogens with two attached hydrogens (primary N) is 1. The molecule has 0 radical (unpaired) electrons. The Morgan fingerprint density at radius 2 is 2.26 bits per heavy atom. The first kappa shape index (κ1) is 13.9. The summed E-state index contributed by atoms with van der Waals surface area (Å²) in [6.07, 6.45) is -0.139. The molecule has 1 aliphatic rings. The molecule has 1 saturated heterocycles. The molecular weight excluding hydrogens is 252 g/mol. The highest BCUT2D eigenvalue weighted by Crippen LogP contribution is 2.14. The standard InChI is InChI=1S/C13H17F2N3O/c14-11-3-1-2-9(13(11)15)6-12(19)18-5-4-17-8-10(18)7-16/h1-3,10,17H,4-8,16H2. The fourth-order valence-corrected chi connectivity index (χ4v) is 2.25. The number of halogens is 2. The van der Waals surface area contributed by atoms with Crippen molar-refractivity contribution in [1.82, 2.24) is 10.2 Å². The van der Waals surface area contributed by atoms with Crippen molar-refractivity contribution in [2.24, 2.45) is 5.73 Å². The van der Waals surface area contributed by atoms with Gasteiger partial charge in [0.1, 0.15) is 0 Å². The summed E-state index contributed by atoms with van der Waals surface area (Å²) in [5.74, 6) is -2.10. The summed E-state index contributed by atoms with van der Waals surface area (Å²) in [6.45, 7) is 2.21. The van der Waals surface area contributed by atoms with E-state index in [1.807, 2.05) is 0 Å². The number of nitrogens with one attached hydrogen (secondary N) is 1. The molecule has 1 aromatic rings. The average Bonchev–Trinajstić information content (AvgIpc) is 2.43. The van der Waals surface area contributed by atoms with Gasteiger partial charge in [-0.2, -0.15) is 0 Å². The predicted molar refractivity (Wildman–Crippen MR) is 67.5 cm³/mol. The summed E-state index contributed by atoms with van der Waals surface area (Å²) >= 11 is 0. The van der Waals surface area contributed by atoms with Crippen LogP contribution >= 0.6 is 0 Å². The second-order valence-electron chi connectivity index (χ2n) is 4.57. The van der Waals surface area contributed by atoms with Gasteiger partial charge in [-0.25, -0.2) is 8.78 Å². The molecule has 2 rings (SSSR count). The van der Waals surface area contributed by atoms with Crippen molar-refractivity contribution in [1.29, 1.82) is 0 Å². The van der Waals surface area contributed by atoms with Crippen LogP contribution in [0, 0.1) is 11.6 Å². The molecule has 0 bridgehead atoms. The van der Waals surface area contributed by atoms with Crippen LogP contribution < -0.4 is 11.1 Å². The zero-order valence-electron chi connectivity index (χ0n) is 10.5. The number of hydrogen-bond acceptors (Lipinski definition) is 3. The number of benzene rings is 1. The summed E-state index contributed by atoms with van der Waals surface area (Å²) in [5, 5.41) is 3.15. The van der Waals surface area contributed by atoms with Crippen molar-refractivity contribution in [2.45, 2.75) is 12.5 Å². The lowest BCUT2D eigenvalue weighted by Crippen LogP contribution is -2.56. The van der Waals surface area contributed by atoms with E-state index >= 15 is 0 Å². The van der Waals surface area contributed by atoms with E-state index in [1.165, 1.54) is 12.1 Å². The van der Waals surface area contributed by atoms with Crippen LogP contribution in [0.3, 0.4) is 0 Å². The van der Waals surface area contributed by atoms with Crippen molar-refractivity contribution in [3.8, 4) is 0 Å². The maximum atomic E-state index is 13.5. The van der Waals surface area contributed by atoms with Crippen LogP contribution in [0.5, 0.6) is 0 Å². The van der Waals surface area contributed by atoms with E-state index in [9.17, 15) is 13.6 Å². The van der Waals surface area contributed by atoms with Crippen LogP contribution in [0.25, 0.3) is 0 Å². The molecule has 1 atom stereocenters. The molecule has 0 aliphatic carbocycles. The summed E-state index contributed by atoms with van der Waals surface area (Å²) in [7, 11) is 0. The van der Waals surface area contributed by atoms with Crippen LogP contribution in [-0.4, -0.2) is 43.0 Å². The SMILES string of the molecule is NCC1CNCCN1C(=O)Cc1cccc(F)c1F. The molecular formula is C13H17F2N3O. The predicted octanol–water partition coefficient (Wildman–Crippen LogP) is 0.266. The van der Waals surface area contributed by atoms with Gasteiger partial charge in [-0.3, -0.25) is 4.79 Å². The number of carbonyl (C=O) groups excluding carboxylic acids is 1. The molecule has 1 fully saturated rings. The second-order valence-corrected chi connectivity index (χ2v) is 4.57. The molecule has 0 spiro atoms. The molecule has 1 heterocycles. The van der Waals surface area contributed by atoms with E-state index in [0.29, 0.717) is 26.2 Å². The molecule has 0 saturated carbocycles. The number of hydrogen-bond donors (Lipinski definition) is 2. The van der Waals surface area contributed by atoms with Gasteiger partial charge in [0, 0.05) is 31.7 Å². The molecule has 104 valence electrons. The van der Waals surface area contributed by atoms with Gasteiger partial charge in [-0.1, -0.05) is 12.1 Å². The second kappa shape index (κ2) is 6.08. The van der Waals surface area contributed by atoms with E-state index in [2.05, 4.69) is 5.32 Å². The smallest absolute Gasteiger partial charge is 0.227 e. The minimum absolute atomic E-state index is 0.0827. The van der Waals surface area contributed by atoms with Gasteiger partial charge in [-0.05, 0) is 6.07 Å². The molecule has 3 N–H and O–H groups in total. The number of piperazine rings is 1. The Morgan fingerprint density at radius 3 is 3.00 bits per heavy atom. The molecule has 4 nitrogen and oxygen atoms in total. The Hall–Kier alpha value is -1.53. The van der Waals surface area contributed by atoms with E-state index in [-0.39, 0.29) is 23.9 Å². The maximum absolute atomic E-state index is 13.5. The molecule has 1 unspecified atom stereocenters. The third-order valence-corrected chi connectivity index (χ3v) is 3.32. The number of nitrogens with zero attached hydrogens (tertiary/aromatic N) is 1. The van der Waals surface area contributed by atoms with Gasteiger partial charge in [0.15, 0.2) is 11.6 Å². The molecule has 6 heteroatoms. The van der Waals surface area contributed by atoms with Crippen LogP contribution in [0.2, 0.25) is 0 Å². The summed E-state index contributed by atoms with van der Waals surface area (Å²) in [5.41, 5.74) is 5.69. The van der Waals surface area contributed by atoms with Crippen LogP contribution in [0.1, 0.15) is 5.56 Å². The molecule has 19 heavy (non-hydrogen) atoms. The van der Waals surface area contributed by atoms with E-state index in [1.54, 1.807) is 4.90 Å². The van der Waals surface area contributed by atoms with Crippen molar-refractivity contribution >= 4 is 5.91 Å². The molecule has 0 aromatic heterocycles. The summed E-state index contributed by atoms with van der Waals surface area (Å²) < 4.78 is 26.6.